The van der Waals surface area contributed by atoms with Crippen molar-refractivity contribution >= 4 is 10.9 Å². The van der Waals surface area contributed by atoms with Crippen LogP contribution in [0.2, 0.25) is 0 Å². The Morgan fingerprint density at radius 2 is 2.04 bits per heavy atom. The fraction of sp³-hybridized carbons (Fsp3) is 0.650. The lowest BCUT2D eigenvalue weighted by molar-refractivity contribution is 0.151. The first kappa shape index (κ1) is 16.1. The Hall–Kier alpha value is -1.39. The molecule has 3 heterocycles. The minimum absolute atomic E-state index is 0.498. The Balaban J connectivity index is 1.57. The first-order valence-corrected chi connectivity index (χ1v) is 9.51. The average molecular weight is 326 g/mol. The molecule has 4 atom stereocenters. The zero-order chi connectivity index (χ0) is 16.7. The molecule has 2 aromatic rings. The molecule has 2 aliphatic heterocycles. The maximum atomic E-state index is 4.95. The second-order valence-corrected chi connectivity index (χ2v) is 8.17. The van der Waals surface area contributed by atoms with Gasteiger partial charge in [0.1, 0.15) is 0 Å². The van der Waals surface area contributed by atoms with Gasteiger partial charge in [-0.15, -0.1) is 0 Å². The number of benzene rings is 1. The standard InChI is InChI=1S/C20H30N4/c1-14-4-7-18(21-11-14)16-5-6-17-13-24(22-19(17)10-16)20-8-9-23(3)12-15(20)2/h5-6,10,13-15,18,20-21H,4,7-9,11-12H2,1-3H3/t14-,15+,18+,20?/m0/s1. The molecule has 4 nitrogen and oxygen atoms in total. The number of nitrogens with one attached hydrogen (secondary N) is 1. The summed E-state index contributed by atoms with van der Waals surface area (Å²) >= 11 is 0. The van der Waals surface area contributed by atoms with Crippen molar-refractivity contribution in [1.82, 2.24) is 20.0 Å². The van der Waals surface area contributed by atoms with Crippen LogP contribution in [0, 0.1) is 11.8 Å². The summed E-state index contributed by atoms with van der Waals surface area (Å²) in [5.41, 5.74) is 2.55. The third-order valence-corrected chi connectivity index (χ3v) is 6.02. The van der Waals surface area contributed by atoms with E-state index < -0.39 is 0 Å². The van der Waals surface area contributed by atoms with Gasteiger partial charge in [-0.3, -0.25) is 4.68 Å². The van der Waals surface area contributed by atoms with Crippen molar-refractivity contribution in [2.45, 2.75) is 45.2 Å². The van der Waals surface area contributed by atoms with Gasteiger partial charge in [0.05, 0.1) is 11.6 Å². The van der Waals surface area contributed by atoms with Gasteiger partial charge in [0.2, 0.25) is 0 Å². The fourth-order valence-electron chi connectivity index (χ4n) is 4.46. The Kier molecular flexibility index (Phi) is 4.35. The molecule has 2 fully saturated rings. The van der Waals surface area contributed by atoms with Gasteiger partial charge in [-0.05, 0) is 62.9 Å². The highest BCUT2D eigenvalue weighted by molar-refractivity contribution is 5.78. The Morgan fingerprint density at radius 1 is 1.17 bits per heavy atom. The summed E-state index contributed by atoms with van der Waals surface area (Å²) in [4.78, 5) is 2.43. The number of hydrogen-bond acceptors (Lipinski definition) is 3. The average Bonchev–Trinajstić information content (AvgIpc) is 2.98. The van der Waals surface area contributed by atoms with E-state index in [2.05, 4.69) is 60.2 Å². The van der Waals surface area contributed by atoms with Crippen molar-refractivity contribution in [1.29, 1.82) is 0 Å². The molecule has 2 aliphatic rings. The first-order valence-electron chi connectivity index (χ1n) is 9.51. The van der Waals surface area contributed by atoms with Crippen molar-refractivity contribution < 1.29 is 0 Å². The van der Waals surface area contributed by atoms with Crippen LogP contribution in [-0.4, -0.2) is 41.4 Å². The number of piperidine rings is 2. The number of likely N-dealkylation sites (tertiary alicyclic amines) is 1. The molecule has 0 bridgehead atoms. The van der Waals surface area contributed by atoms with Crippen LogP contribution in [0.25, 0.3) is 10.9 Å². The monoisotopic (exact) mass is 326 g/mol. The molecule has 0 radical (unpaired) electrons. The van der Waals surface area contributed by atoms with Gasteiger partial charge >= 0.3 is 0 Å². The van der Waals surface area contributed by atoms with E-state index in [9.17, 15) is 0 Å². The summed E-state index contributed by atoms with van der Waals surface area (Å²) < 4.78 is 2.24. The van der Waals surface area contributed by atoms with Gasteiger partial charge < -0.3 is 10.2 Å². The summed E-state index contributed by atoms with van der Waals surface area (Å²) in [7, 11) is 2.22. The minimum Gasteiger partial charge on any atom is -0.310 e. The van der Waals surface area contributed by atoms with Gasteiger partial charge in [-0.2, -0.15) is 5.10 Å². The third-order valence-electron chi connectivity index (χ3n) is 6.02. The second kappa shape index (κ2) is 6.49. The van der Waals surface area contributed by atoms with Crippen LogP contribution in [0.1, 0.15) is 50.8 Å². The number of aromatic nitrogens is 2. The number of fused-ring (bicyclic) bond motifs is 1. The topological polar surface area (TPSA) is 33.1 Å². The largest absolute Gasteiger partial charge is 0.310 e. The van der Waals surface area contributed by atoms with Crippen molar-refractivity contribution in [3.05, 3.63) is 30.0 Å². The molecule has 0 amide bonds. The van der Waals surface area contributed by atoms with Gasteiger partial charge in [-0.1, -0.05) is 26.0 Å². The van der Waals surface area contributed by atoms with E-state index in [0.717, 1.165) is 24.5 Å². The molecule has 0 aliphatic carbocycles. The quantitative estimate of drug-likeness (QED) is 0.915. The molecule has 4 heteroatoms. The summed E-state index contributed by atoms with van der Waals surface area (Å²) in [5, 5.41) is 9.92. The molecule has 1 aromatic carbocycles. The summed E-state index contributed by atoms with van der Waals surface area (Å²) in [5.74, 6) is 1.45. The normalized spacial score (nSPS) is 32.3. The van der Waals surface area contributed by atoms with Crippen LogP contribution in [-0.2, 0) is 0 Å². The van der Waals surface area contributed by atoms with Gasteiger partial charge in [0, 0.05) is 24.2 Å². The number of hydrogen-bond donors (Lipinski definition) is 1. The second-order valence-electron chi connectivity index (χ2n) is 8.17. The van der Waals surface area contributed by atoms with Crippen LogP contribution < -0.4 is 5.32 Å². The molecule has 1 N–H and O–H groups in total. The summed E-state index contributed by atoms with van der Waals surface area (Å²) in [6, 6.07) is 7.89. The van der Waals surface area contributed by atoms with E-state index in [1.54, 1.807) is 0 Å². The van der Waals surface area contributed by atoms with Crippen LogP contribution in [0.3, 0.4) is 0 Å². The van der Waals surface area contributed by atoms with Crippen molar-refractivity contribution in [3.8, 4) is 0 Å². The number of rotatable bonds is 2. The first-order chi connectivity index (χ1) is 11.6. The smallest absolute Gasteiger partial charge is 0.0926 e. The Bertz CT molecular complexity index is 699. The summed E-state index contributed by atoms with van der Waals surface area (Å²) in [6.07, 6.45) is 6.00. The zero-order valence-corrected chi connectivity index (χ0v) is 15.2. The maximum Gasteiger partial charge on any atom is 0.0926 e. The van der Waals surface area contributed by atoms with Crippen molar-refractivity contribution in [2.75, 3.05) is 26.7 Å². The highest BCUT2D eigenvalue weighted by atomic mass is 15.3. The van der Waals surface area contributed by atoms with Crippen LogP contribution in [0.5, 0.6) is 0 Å². The van der Waals surface area contributed by atoms with E-state index in [0.29, 0.717) is 18.0 Å². The zero-order valence-electron chi connectivity index (χ0n) is 15.2. The molecule has 0 spiro atoms. The molecule has 2 saturated heterocycles. The van der Waals surface area contributed by atoms with Gasteiger partial charge in [-0.25, -0.2) is 0 Å². The lowest BCUT2D eigenvalue weighted by atomic mass is 9.92. The predicted molar refractivity (Wildman–Crippen MR) is 99.2 cm³/mol. The Morgan fingerprint density at radius 3 is 2.79 bits per heavy atom. The lowest BCUT2D eigenvalue weighted by Gasteiger charge is -2.34. The molecule has 0 saturated carbocycles. The number of nitrogens with zero attached hydrogens (tertiary/aromatic N) is 3. The van der Waals surface area contributed by atoms with E-state index in [1.807, 2.05) is 0 Å². The van der Waals surface area contributed by atoms with Crippen LogP contribution in [0.4, 0.5) is 0 Å². The van der Waals surface area contributed by atoms with Gasteiger partial charge in [0.15, 0.2) is 0 Å². The molecule has 1 aromatic heterocycles. The van der Waals surface area contributed by atoms with E-state index >= 15 is 0 Å². The Labute approximate surface area is 145 Å². The van der Waals surface area contributed by atoms with E-state index in [4.69, 9.17) is 5.10 Å². The van der Waals surface area contributed by atoms with E-state index in [1.165, 1.54) is 36.8 Å². The maximum absolute atomic E-state index is 4.95. The molecular weight excluding hydrogens is 296 g/mol. The van der Waals surface area contributed by atoms with Crippen LogP contribution >= 0.6 is 0 Å². The highest BCUT2D eigenvalue weighted by Gasteiger charge is 2.26. The van der Waals surface area contributed by atoms with Crippen molar-refractivity contribution in [3.63, 3.8) is 0 Å². The SMILES string of the molecule is C[C@H]1CC[C@H](c2ccc3cn(C4CCN(C)C[C@H]4C)nc3c2)NC1. The molecule has 1 unspecified atom stereocenters. The molecular formula is C20H30N4. The highest BCUT2D eigenvalue weighted by Crippen LogP contribution is 2.30. The van der Waals surface area contributed by atoms with Crippen molar-refractivity contribution in [2.24, 2.45) is 11.8 Å². The van der Waals surface area contributed by atoms with E-state index in [-0.39, 0.29) is 0 Å². The van der Waals surface area contributed by atoms with Gasteiger partial charge in [0.25, 0.3) is 0 Å². The fourth-order valence-corrected chi connectivity index (χ4v) is 4.46. The minimum atomic E-state index is 0.498. The molecule has 130 valence electrons. The lowest BCUT2D eigenvalue weighted by Crippen LogP contribution is -2.37. The third kappa shape index (κ3) is 3.09. The summed E-state index contributed by atoms with van der Waals surface area (Å²) in [6.45, 7) is 8.14. The molecule has 4 rings (SSSR count). The predicted octanol–water partition coefficient (Wildman–Crippen LogP) is 3.61. The van der Waals surface area contributed by atoms with Crippen LogP contribution in [0.15, 0.2) is 24.4 Å². The molecule has 24 heavy (non-hydrogen) atoms.